The van der Waals surface area contributed by atoms with Gasteiger partial charge in [-0.15, -0.1) is 0 Å². The normalized spacial score (nSPS) is 11.6. The van der Waals surface area contributed by atoms with Crippen LogP contribution >= 0.6 is 0 Å². The molecule has 0 atom stereocenters. The van der Waals surface area contributed by atoms with E-state index in [4.69, 9.17) is 0 Å². The minimum atomic E-state index is -3.61. The number of sulfone groups is 1. The van der Waals surface area contributed by atoms with E-state index in [1.807, 2.05) is 90.7 Å². The van der Waals surface area contributed by atoms with Gasteiger partial charge < -0.3 is 9.47 Å². The number of unbranched alkanes of at least 4 members (excludes halogenated alkanes) is 1. The zero-order valence-electron chi connectivity index (χ0n) is 20.4. The van der Waals surface area contributed by atoms with E-state index in [9.17, 15) is 13.2 Å². The van der Waals surface area contributed by atoms with Crippen molar-refractivity contribution >= 4 is 26.6 Å². The number of hydrogen-bond donors (Lipinski definition) is 0. The largest absolute Gasteiger partial charge is 0.337 e. The van der Waals surface area contributed by atoms with Crippen molar-refractivity contribution in [1.29, 1.82) is 0 Å². The summed E-state index contributed by atoms with van der Waals surface area (Å²) in [5.74, 6) is -0.0935. The predicted octanol–water partition coefficient (Wildman–Crippen LogP) is 5.75. The summed E-state index contributed by atoms with van der Waals surface area (Å²) < 4.78 is 28.7. The van der Waals surface area contributed by atoms with Crippen molar-refractivity contribution in [1.82, 2.24) is 9.47 Å². The van der Waals surface area contributed by atoms with Crippen LogP contribution in [0.1, 0.15) is 36.5 Å². The van der Waals surface area contributed by atoms with Gasteiger partial charge in [0.1, 0.15) is 6.54 Å². The summed E-state index contributed by atoms with van der Waals surface area (Å²) in [5, 5.41) is 0.650. The van der Waals surface area contributed by atoms with Crippen LogP contribution in [0.15, 0.2) is 90.0 Å². The molecule has 0 spiro atoms. The molecule has 35 heavy (non-hydrogen) atoms. The van der Waals surface area contributed by atoms with Crippen LogP contribution in [0.25, 0.3) is 10.9 Å². The molecule has 5 nitrogen and oxygen atoms in total. The lowest BCUT2D eigenvalue weighted by Crippen LogP contribution is -2.34. The molecule has 0 N–H and O–H groups in total. The highest BCUT2D eigenvalue weighted by Crippen LogP contribution is 2.29. The lowest BCUT2D eigenvalue weighted by Gasteiger charge is -2.23. The van der Waals surface area contributed by atoms with Crippen molar-refractivity contribution in [2.24, 2.45) is 0 Å². The second-order valence-electron chi connectivity index (χ2n) is 8.98. The number of aromatic nitrogens is 1. The Morgan fingerprint density at radius 3 is 2.34 bits per heavy atom. The first-order chi connectivity index (χ1) is 16.9. The Morgan fingerprint density at radius 2 is 1.60 bits per heavy atom. The molecule has 6 heteroatoms. The van der Waals surface area contributed by atoms with Crippen LogP contribution in [0, 0.1) is 6.92 Å². The van der Waals surface area contributed by atoms with Crippen LogP contribution in [0.4, 0.5) is 0 Å². The van der Waals surface area contributed by atoms with Gasteiger partial charge in [-0.1, -0.05) is 86.1 Å². The first-order valence-electron chi connectivity index (χ1n) is 12.1. The Balaban J connectivity index is 1.64. The fourth-order valence-electron chi connectivity index (χ4n) is 4.34. The molecule has 0 saturated heterocycles. The fraction of sp³-hybridized carbons (Fsp3) is 0.276. The van der Waals surface area contributed by atoms with Crippen LogP contribution in [0.2, 0.25) is 0 Å². The minimum absolute atomic E-state index is 0.0223. The summed E-state index contributed by atoms with van der Waals surface area (Å²) in [4.78, 5) is 15.6. The molecule has 0 fully saturated rings. The molecule has 0 unspecified atom stereocenters. The summed E-state index contributed by atoms with van der Waals surface area (Å²) in [6.45, 7) is 5.33. The lowest BCUT2D eigenvalue weighted by atomic mass is 10.1. The molecule has 0 bridgehead atoms. The van der Waals surface area contributed by atoms with Crippen molar-refractivity contribution in [2.75, 3.05) is 6.54 Å². The molecule has 0 aliphatic rings. The smallest absolute Gasteiger partial charge is 0.242 e. The fourth-order valence-corrected chi connectivity index (χ4v) is 6.02. The standard InChI is InChI=1S/C29H32N2O3S/c1-3-4-18-30(19-24-13-6-5-7-14-24)29(32)21-31-20-28(26-16-10-11-17-27(26)31)35(33,34)22-25-15-9-8-12-23(25)2/h5-17,20H,3-4,18-19,21-22H2,1-2H3. The molecular weight excluding hydrogens is 456 g/mol. The van der Waals surface area contributed by atoms with E-state index >= 15 is 0 Å². The minimum Gasteiger partial charge on any atom is -0.337 e. The van der Waals surface area contributed by atoms with Crippen molar-refractivity contribution < 1.29 is 13.2 Å². The third kappa shape index (κ3) is 5.82. The number of fused-ring (bicyclic) bond motifs is 1. The third-order valence-electron chi connectivity index (χ3n) is 6.35. The molecule has 1 amide bonds. The molecule has 182 valence electrons. The molecule has 3 aromatic carbocycles. The number of amides is 1. The predicted molar refractivity (Wildman–Crippen MR) is 141 cm³/mol. The Labute approximate surface area is 207 Å². The average Bonchev–Trinajstić information content (AvgIpc) is 3.23. The number of para-hydroxylation sites is 1. The summed E-state index contributed by atoms with van der Waals surface area (Å²) in [5.41, 5.74) is 3.56. The van der Waals surface area contributed by atoms with Gasteiger partial charge in [0.25, 0.3) is 0 Å². The van der Waals surface area contributed by atoms with Crippen LogP contribution in [0.5, 0.6) is 0 Å². The molecule has 0 aliphatic heterocycles. The Morgan fingerprint density at radius 1 is 0.914 bits per heavy atom. The lowest BCUT2D eigenvalue weighted by molar-refractivity contribution is -0.132. The summed E-state index contributed by atoms with van der Waals surface area (Å²) >= 11 is 0. The first kappa shape index (κ1) is 24.7. The maximum absolute atomic E-state index is 13.5. The van der Waals surface area contributed by atoms with Crippen molar-refractivity contribution in [3.05, 3.63) is 102 Å². The summed E-state index contributed by atoms with van der Waals surface area (Å²) in [6, 6.07) is 24.9. The number of nitrogens with zero attached hydrogens (tertiary/aromatic N) is 2. The highest BCUT2D eigenvalue weighted by atomic mass is 32.2. The van der Waals surface area contributed by atoms with E-state index in [-0.39, 0.29) is 23.1 Å². The number of benzene rings is 3. The van der Waals surface area contributed by atoms with Crippen molar-refractivity contribution in [3.8, 4) is 0 Å². The maximum Gasteiger partial charge on any atom is 0.242 e. The molecule has 4 aromatic rings. The second-order valence-corrected chi connectivity index (χ2v) is 10.9. The number of rotatable bonds is 10. The van der Waals surface area contributed by atoms with Crippen molar-refractivity contribution in [2.45, 2.75) is 50.4 Å². The average molecular weight is 489 g/mol. The van der Waals surface area contributed by atoms with Gasteiger partial charge in [-0.2, -0.15) is 0 Å². The Bertz CT molecular complexity index is 1410. The molecule has 0 saturated carbocycles. The van der Waals surface area contributed by atoms with Gasteiger partial charge in [0.15, 0.2) is 9.84 Å². The highest BCUT2D eigenvalue weighted by Gasteiger charge is 2.24. The van der Waals surface area contributed by atoms with Gasteiger partial charge in [-0.05, 0) is 36.1 Å². The number of carbonyl (C=O) groups excluding carboxylic acids is 1. The van der Waals surface area contributed by atoms with E-state index in [0.717, 1.165) is 35.0 Å². The molecule has 4 rings (SSSR count). The van der Waals surface area contributed by atoms with E-state index in [1.54, 1.807) is 10.8 Å². The van der Waals surface area contributed by atoms with Gasteiger partial charge in [-0.3, -0.25) is 4.79 Å². The molecule has 1 heterocycles. The molecule has 0 radical (unpaired) electrons. The SMILES string of the molecule is CCCCN(Cc1ccccc1)C(=O)Cn1cc(S(=O)(=O)Cc2ccccc2C)c2ccccc21. The number of aryl methyl sites for hydroxylation is 1. The van der Waals surface area contributed by atoms with Crippen LogP contribution in [-0.2, 0) is 33.5 Å². The van der Waals surface area contributed by atoms with Gasteiger partial charge in [0.2, 0.25) is 5.91 Å². The number of hydrogen-bond acceptors (Lipinski definition) is 3. The molecular formula is C29H32N2O3S. The van der Waals surface area contributed by atoms with Gasteiger partial charge in [0.05, 0.1) is 10.6 Å². The van der Waals surface area contributed by atoms with Crippen LogP contribution in [-0.4, -0.2) is 30.3 Å². The van der Waals surface area contributed by atoms with E-state index in [2.05, 4.69) is 6.92 Å². The van der Waals surface area contributed by atoms with E-state index < -0.39 is 9.84 Å². The van der Waals surface area contributed by atoms with Gasteiger partial charge >= 0.3 is 0 Å². The monoisotopic (exact) mass is 488 g/mol. The zero-order valence-corrected chi connectivity index (χ0v) is 21.2. The van der Waals surface area contributed by atoms with E-state index in [0.29, 0.717) is 18.5 Å². The van der Waals surface area contributed by atoms with E-state index in [1.165, 1.54) is 0 Å². The summed E-state index contributed by atoms with van der Waals surface area (Å²) in [6.07, 6.45) is 3.55. The van der Waals surface area contributed by atoms with Crippen molar-refractivity contribution in [3.63, 3.8) is 0 Å². The van der Waals surface area contributed by atoms with Crippen LogP contribution < -0.4 is 0 Å². The topological polar surface area (TPSA) is 59.4 Å². The number of carbonyl (C=O) groups is 1. The quantitative estimate of drug-likeness (QED) is 0.285. The third-order valence-corrected chi connectivity index (χ3v) is 8.04. The highest BCUT2D eigenvalue weighted by molar-refractivity contribution is 7.90. The van der Waals surface area contributed by atoms with Gasteiger partial charge in [-0.25, -0.2) is 8.42 Å². The Kier molecular flexibility index (Phi) is 7.71. The molecule has 0 aliphatic carbocycles. The van der Waals surface area contributed by atoms with Crippen LogP contribution in [0.3, 0.4) is 0 Å². The second kappa shape index (κ2) is 10.9. The first-order valence-corrected chi connectivity index (χ1v) is 13.7. The van der Waals surface area contributed by atoms with Gasteiger partial charge in [0, 0.05) is 30.2 Å². The molecule has 1 aromatic heterocycles. The maximum atomic E-state index is 13.5. The zero-order chi connectivity index (χ0) is 24.8. The summed E-state index contributed by atoms with van der Waals surface area (Å²) in [7, 11) is -3.61. The Hall–Kier alpha value is -3.38.